The van der Waals surface area contributed by atoms with E-state index in [0.717, 1.165) is 26.0 Å². The molecule has 3 rings (SSSR count). The maximum Gasteiger partial charge on any atom is 0.269 e. The summed E-state index contributed by atoms with van der Waals surface area (Å²) in [5.74, 6) is -0.222. The molecule has 4 nitrogen and oxygen atoms in total. The van der Waals surface area contributed by atoms with Crippen LogP contribution in [0.25, 0.3) is 11.3 Å². The highest BCUT2D eigenvalue weighted by Crippen LogP contribution is 2.27. The maximum atomic E-state index is 12.5. The quantitative estimate of drug-likeness (QED) is 0.627. The molecule has 22 heavy (non-hydrogen) atoms. The first kappa shape index (κ1) is 15.3. The van der Waals surface area contributed by atoms with Crippen molar-refractivity contribution in [1.29, 1.82) is 0 Å². The minimum atomic E-state index is -0.222. The first-order valence-corrected chi connectivity index (χ1v) is 8.65. The molecule has 0 bridgehead atoms. The first-order valence-electron chi connectivity index (χ1n) is 6.29. The number of anilines is 1. The van der Waals surface area contributed by atoms with E-state index in [-0.39, 0.29) is 5.91 Å². The zero-order valence-corrected chi connectivity index (χ0v) is 15.1. The van der Waals surface area contributed by atoms with E-state index >= 15 is 0 Å². The predicted molar refractivity (Wildman–Crippen MR) is 95.1 cm³/mol. The molecule has 7 heteroatoms. The molecule has 1 N–H and O–H groups in total. The smallest absolute Gasteiger partial charge is 0.269 e. The summed E-state index contributed by atoms with van der Waals surface area (Å²) in [6.07, 6.45) is 0. The number of aromatic nitrogens is 2. The lowest BCUT2D eigenvalue weighted by Gasteiger charge is -2.06. The summed E-state index contributed by atoms with van der Waals surface area (Å²) in [5.41, 5.74) is 2.15. The fourth-order valence-electron chi connectivity index (χ4n) is 1.88. The van der Waals surface area contributed by atoms with Crippen molar-refractivity contribution in [2.45, 2.75) is 0 Å². The van der Waals surface area contributed by atoms with Crippen molar-refractivity contribution in [3.8, 4) is 11.3 Å². The number of nitrogens with zero attached hydrogens (tertiary/aromatic N) is 2. The lowest BCUT2D eigenvalue weighted by Crippen LogP contribution is -2.11. The van der Waals surface area contributed by atoms with Crippen LogP contribution in [0.4, 0.5) is 5.69 Å². The molecule has 0 radical (unpaired) electrons. The van der Waals surface area contributed by atoms with Crippen LogP contribution in [0.3, 0.4) is 0 Å². The van der Waals surface area contributed by atoms with Crippen LogP contribution in [-0.4, -0.2) is 15.5 Å². The largest absolute Gasteiger partial charge is 0.320 e. The van der Waals surface area contributed by atoms with Crippen molar-refractivity contribution in [2.75, 3.05) is 5.32 Å². The molecule has 1 amide bonds. The van der Waals surface area contributed by atoms with E-state index in [1.165, 1.54) is 0 Å². The molecule has 0 unspecified atom stereocenters. The van der Waals surface area contributed by atoms with Gasteiger partial charge in [-0.3, -0.25) is 4.79 Å². The number of halogens is 2. The van der Waals surface area contributed by atoms with Crippen LogP contribution in [0.5, 0.6) is 0 Å². The summed E-state index contributed by atoms with van der Waals surface area (Å²) in [5, 5.41) is 6.95. The van der Waals surface area contributed by atoms with Crippen molar-refractivity contribution < 1.29 is 4.79 Å². The van der Waals surface area contributed by atoms with Gasteiger partial charge in [0.2, 0.25) is 0 Å². The second kappa shape index (κ2) is 6.68. The van der Waals surface area contributed by atoms with E-state index in [0.29, 0.717) is 16.3 Å². The average Bonchev–Trinajstić information content (AvgIpc) is 3.00. The van der Waals surface area contributed by atoms with Gasteiger partial charge in [0.15, 0.2) is 0 Å². The Morgan fingerprint density at radius 1 is 1.05 bits per heavy atom. The fourth-order valence-corrected chi connectivity index (χ4v) is 3.11. The number of rotatable bonds is 3. The van der Waals surface area contributed by atoms with Crippen molar-refractivity contribution in [3.05, 3.63) is 62.4 Å². The molecule has 0 atom stereocenters. The lowest BCUT2D eigenvalue weighted by atomic mass is 10.1. The molecular formula is C15H9Br2N3OS. The van der Waals surface area contributed by atoms with Gasteiger partial charge in [-0.25, -0.2) is 0 Å². The minimum Gasteiger partial charge on any atom is -0.320 e. The highest BCUT2D eigenvalue weighted by molar-refractivity contribution is 9.10. The molecular weight excluding hydrogens is 430 g/mol. The standard InChI is InChI=1S/C15H9Br2N3OS/c16-10-7-5-9(6-8-10)13-14(22-20-19-13)15(21)18-12-4-2-1-3-11(12)17/h1-8H,(H,18,21). The molecule has 1 heterocycles. The van der Waals surface area contributed by atoms with Gasteiger partial charge < -0.3 is 5.32 Å². The second-order valence-corrected chi connectivity index (χ2v) is 6.92. The van der Waals surface area contributed by atoms with E-state index in [9.17, 15) is 4.79 Å². The number of carbonyl (C=O) groups is 1. The highest BCUT2D eigenvalue weighted by Gasteiger charge is 2.18. The van der Waals surface area contributed by atoms with Gasteiger partial charge in [0.1, 0.15) is 10.6 Å². The van der Waals surface area contributed by atoms with Crippen LogP contribution in [0.15, 0.2) is 57.5 Å². The van der Waals surface area contributed by atoms with Crippen molar-refractivity contribution in [2.24, 2.45) is 0 Å². The summed E-state index contributed by atoms with van der Waals surface area (Å²) in [4.78, 5) is 13.0. The average molecular weight is 439 g/mol. The van der Waals surface area contributed by atoms with Gasteiger partial charge in [0.25, 0.3) is 5.91 Å². The van der Waals surface area contributed by atoms with E-state index in [2.05, 4.69) is 46.8 Å². The van der Waals surface area contributed by atoms with Crippen LogP contribution < -0.4 is 5.32 Å². The van der Waals surface area contributed by atoms with Crippen LogP contribution >= 0.6 is 43.4 Å². The summed E-state index contributed by atoms with van der Waals surface area (Å²) in [6, 6.07) is 15.1. The third kappa shape index (κ3) is 3.26. The molecule has 0 saturated carbocycles. The second-order valence-electron chi connectivity index (χ2n) is 4.39. The third-order valence-electron chi connectivity index (χ3n) is 2.93. The first-order chi connectivity index (χ1) is 10.6. The number of benzene rings is 2. The molecule has 2 aromatic carbocycles. The van der Waals surface area contributed by atoms with E-state index < -0.39 is 0 Å². The molecule has 0 aliphatic carbocycles. The summed E-state index contributed by atoms with van der Waals surface area (Å²) in [6.45, 7) is 0. The Hall–Kier alpha value is -1.57. The Kier molecular flexibility index (Phi) is 4.66. The van der Waals surface area contributed by atoms with E-state index in [4.69, 9.17) is 0 Å². The van der Waals surface area contributed by atoms with Crippen molar-refractivity contribution in [3.63, 3.8) is 0 Å². The highest BCUT2D eigenvalue weighted by atomic mass is 79.9. The Bertz CT molecular complexity index is 818. The SMILES string of the molecule is O=C(Nc1ccccc1Br)c1snnc1-c1ccc(Br)cc1. The van der Waals surface area contributed by atoms with Crippen molar-refractivity contribution in [1.82, 2.24) is 9.59 Å². The zero-order chi connectivity index (χ0) is 15.5. The van der Waals surface area contributed by atoms with E-state index in [1.54, 1.807) is 0 Å². The van der Waals surface area contributed by atoms with Crippen molar-refractivity contribution >= 4 is 55.0 Å². The normalized spacial score (nSPS) is 10.5. The molecule has 110 valence electrons. The molecule has 0 aliphatic rings. The topological polar surface area (TPSA) is 54.9 Å². The van der Waals surface area contributed by atoms with Gasteiger partial charge >= 0.3 is 0 Å². The van der Waals surface area contributed by atoms with Crippen LogP contribution in [0.1, 0.15) is 9.67 Å². The monoisotopic (exact) mass is 437 g/mol. The Morgan fingerprint density at radius 3 is 2.50 bits per heavy atom. The Balaban J connectivity index is 1.90. The Morgan fingerprint density at radius 2 is 1.77 bits per heavy atom. The summed E-state index contributed by atoms with van der Waals surface area (Å²) in [7, 11) is 0. The number of amides is 1. The van der Waals surface area contributed by atoms with Gasteiger partial charge in [-0.15, -0.1) is 5.10 Å². The zero-order valence-electron chi connectivity index (χ0n) is 11.1. The number of hydrogen-bond acceptors (Lipinski definition) is 4. The number of hydrogen-bond donors (Lipinski definition) is 1. The van der Waals surface area contributed by atoms with Crippen LogP contribution in [0, 0.1) is 0 Å². The molecule has 3 aromatic rings. The molecule has 1 aromatic heterocycles. The van der Waals surface area contributed by atoms with Gasteiger partial charge in [-0.05, 0) is 51.7 Å². The Labute approximate surface area is 148 Å². The number of carbonyl (C=O) groups excluding carboxylic acids is 1. The number of nitrogens with one attached hydrogen (secondary N) is 1. The third-order valence-corrected chi connectivity index (χ3v) is 4.88. The van der Waals surface area contributed by atoms with Gasteiger partial charge in [0, 0.05) is 14.5 Å². The molecule has 0 saturated heterocycles. The van der Waals surface area contributed by atoms with Gasteiger partial charge in [-0.2, -0.15) is 0 Å². The maximum absolute atomic E-state index is 12.5. The minimum absolute atomic E-state index is 0.222. The molecule has 0 spiro atoms. The lowest BCUT2D eigenvalue weighted by molar-refractivity contribution is 0.103. The van der Waals surface area contributed by atoms with E-state index in [1.807, 2.05) is 48.5 Å². The van der Waals surface area contributed by atoms with Crippen LogP contribution in [0.2, 0.25) is 0 Å². The van der Waals surface area contributed by atoms with Crippen LogP contribution in [-0.2, 0) is 0 Å². The summed E-state index contributed by atoms with van der Waals surface area (Å²) < 4.78 is 5.71. The molecule has 0 aliphatic heterocycles. The van der Waals surface area contributed by atoms with Gasteiger partial charge in [-0.1, -0.05) is 44.7 Å². The van der Waals surface area contributed by atoms with Gasteiger partial charge in [0.05, 0.1) is 5.69 Å². The molecule has 0 fully saturated rings. The predicted octanol–water partition coefficient (Wildman–Crippen LogP) is 4.98. The number of para-hydroxylation sites is 1. The summed E-state index contributed by atoms with van der Waals surface area (Å²) >= 11 is 7.88. The fraction of sp³-hybridized carbons (Fsp3) is 0.